The molecule has 8 N–H and O–H groups in total. The van der Waals surface area contributed by atoms with Gasteiger partial charge in [0.25, 0.3) is 0 Å². The predicted octanol–water partition coefficient (Wildman–Crippen LogP) is 7.09. The Kier molecular flexibility index (Phi) is 11.2. The minimum Gasteiger partial charge on any atom is -0.505 e. The third-order valence-corrected chi connectivity index (χ3v) is 6.94. The number of nitrogens with one attached hydrogen (secondary N) is 4. The summed E-state index contributed by atoms with van der Waals surface area (Å²) >= 11 is 11.9. The van der Waals surface area contributed by atoms with Crippen molar-refractivity contribution in [1.29, 1.82) is 5.26 Å². The van der Waals surface area contributed by atoms with Crippen LogP contribution in [0.2, 0.25) is 10.0 Å². The van der Waals surface area contributed by atoms with Crippen LogP contribution >= 0.6 is 23.2 Å². The van der Waals surface area contributed by atoms with Gasteiger partial charge in [-0.15, -0.1) is 0 Å². The van der Waals surface area contributed by atoms with E-state index < -0.39 is 24.3 Å². The van der Waals surface area contributed by atoms with Crippen LogP contribution in [-0.2, 0) is 0 Å². The fraction of sp³-hybridized carbons (Fsp3) is 0.156. The molecule has 15 heteroatoms. The Balaban J connectivity index is 0.000000213. The molecule has 4 aromatic rings. The molecule has 1 heterocycles. The molecular formula is C32H29Cl2N5O8. The van der Waals surface area contributed by atoms with E-state index >= 15 is 0 Å². The number of hydrogen-bond acceptors (Lipinski definition) is 9. The van der Waals surface area contributed by atoms with Crippen LogP contribution < -0.4 is 30.7 Å². The van der Waals surface area contributed by atoms with Crippen molar-refractivity contribution in [2.45, 2.75) is 26.1 Å². The minimum absolute atomic E-state index is 0.0829. The summed E-state index contributed by atoms with van der Waals surface area (Å²) in [4.78, 5) is 24.1. The van der Waals surface area contributed by atoms with Gasteiger partial charge in [-0.25, -0.2) is 9.59 Å². The summed E-state index contributed by atoms with van der Waals surface area (Å²) in [5.41, 5.74) is 2.07. The van der Waals surface area contributed by atoms with Gasteiger partial charge in [0.2, 0.25) is 6.79 Å². The van der Waals surface area contributed by atoms with Crippen LogP contribution in [0, 0.1) is 11.3 Å². The van der Waals surface area contributed by atoms with Crippen molar-refractivity contribution in [3.63, 3.8) is 0 Å². The highest BCUT2D eigenvalue weighted by molar-refractivity contribution is 6.31. The van der Waals surface area contributed by atoms with E-state index in [0.717, 1.165) is 0 Å². The van der Waals surface area contributed by atoms with Crippen LogP contribution in [0.25, 0.3) is 0 Å². The number of rotatable bonds is 6. The number of phenols is 2. The monoisotopic (exact) mass is 681 g/mol. The molecule has 0 aromatic heterocycles. The van der Waals surface area contributed by atoms with E-state index in [1.54, 1.807) is 42.5 Å². The van der Waals surface area contributed by atoms with Gasteiger partial charge in [0.15, 0.2) is 11.5 Å². The molecule has 2 atom stereocenters. The van der Waals surface area contributed by atoms with Crippen molar-refractivity contribution >= 4 is 58.0 Å². The molecule has 4 amide bonds. The molecule has 0 spiro atoms. The topological polar surface area (TPSA) is 205 Å². The molecule has 13 nitrogen and oxygen atoms in total. The van der Waals surface area contributed by atoms with Gasteiger partial charge in [0.1, 0.15) is 11.5 Å². The van der Waals surface area contributed by atoms with E-state index in [1.807, 2.05) is 6.07 Å². The number of anilines is 4. The molecule has 2 unspecified atom stereocenters. The molecule has 1 aliphatic rings. The number of hydrogen-bond donors (Lipinski definition) is 8. The highest BCUT2D eigenvalue weighted by Gasteiger charge is 2.18. The van der Waals surface area contributed by atoms with Crippen LogP contribution in [0.15, 0.2) is 66.7 Å². The van der Waals surface area contributed by atoms with E-state index in [2.05, 4.69) is 21.3 Å². The fourth-order valence-electron chi connectivity index (χ4n) is 4.24. The summed E-state index contributed by atoms with van der Waals surface area (Å²) < 4.78 is 10.4. The number of amides is 4. The number of phenolic OH excluding ortho intramolecular Hbond substituents is 2. The number of nitriles is 1. The lowest BCUT2D eigenvalue weighted by molar-refractivity contribution is 0.174. The molecule has 0 bridgehead atoms. The van der Waals surface area contributed by atoms with E-state index in [9.17, 15) is 30.0 Å². The molecule has 5 rings (SSSR count). The molecule has 0 fully saturated rings. The van der Waals surface area contributed by atoms with Crippen molar-refractivity contribution in [3.8, 4) is 29.1 Å². The number of halogens is 2. The van der Waals surface area contributed by atoms with E-state index in [0.29, 0.717) is 28.4 Å². The van der Waals surface area contributed by atoms with Gasteiger partial charge < -0.3 is 51.2 Å². The number of carbonyl (C=O) groups is 2. The first-order chi connectivity index (χ1) is 22.3. The van der Waals surface area contributed by atoms with Crippen LogP contribution in [0.3, 0.4) is 0 Å². The first-order valence-electron chi connectivity index (χ1n) is 13.8. The number of ether oxygens (including phenoxy) is 2. The van der Waals surface area contributed by atoms with E-state index in [-0.39, 0.29) is 50.8 Å². The Morgan fingerprint density at radius 3 is 1.68 bits per heavy atom. The van der Waals surface area contributed by atoms with Crippen molar-refractivity contribution in [3.05, 3.63) is 93.5 Å². The Bertz CT molecular complexity index is 1830. The van der Waals surface area contributed by atoms with Crippen molar-refractivity contribution in [2.75, 3.05) is 28.1 Å². The second-order valence-corrected chi connectivity index (χ2v) is 10.9. The lowest BCUT2D eigenvalue weighted by atomic mass is 10.1. The first kappa shape index (κ1) is 34.5. The number of nitrogens with zero attached hydrogens (tertiary/aromatic N) is 1. The standard InChI is InChI=1S/C16H14ClN3O3.C16H15ClN2O5/c1-9(21)13-6-11(17)7-14(15(13)22)20-16(23)19-12-4-2-10(8-18)3-5-12;1-8(20)11-4-9(17)5-12(15(11)21)19-16(22)18-10-2-3-13-14(6-10)24-7-23-13/h2-7,9,21-22H,1H3,(H2,19,20,23);2-6,8,20-21H,7H2,1H3,(H2,18,19,22). The number of fused-ring (bicyclic) bond motifs is 1. The third kappa shape index (κ3) is 9.09. The van der Waals surface area contributed by atoms with Gasteiger partial charge in [-0.05, 0) is 74.5 Å². The predicted molar refractivity (Wildman–Crippen MR) is 177 cm³/mol. The SMILES string of the molecule is CC(O)c1cc(Cl)cc(NC(=O)Nc2ccc(C#N)cc2)c1O.CC(O)c1cc(Cl)cc(NC(=O)Nc2ccc3c(c2)OCO3)c1O. The summed E-state index contributed by atoms with van der Waals surface area (Å²) in [5.74, 6) is 0.652. The number of aliphatic hydroxyl groups excluding tert-OH is 2. The molecule has 0 radical (unpaired) electrons. The highest BCUT2D eigenvalue weighted by Crippen LogP contribution is 2.37. The minimum atomic E-state index is -0.934. The third-order valence-electron chi connectivity index (χ3n) is 6.51. The smallest absolute Gasteiger partial charge is 0.323 e. The Morgan fingerprint density at radius 2 is 1.19 bits per heavy atom. The van der Waals surface area contributed by atoms with Crippen LogP contribution in [0.4, 0.5) is 32.3 Å². The quantitative estimate of drug-likeness (QED) is 0.0976. The summed E-state index contributed by atoms with van der Waals surface area (Å²) in [6.07, 6.45) is -1.86. The van der Waals surface area contributed by atoms with E-state index in [1.165, 1.54) is 38.1 Å². The summed E-state index contributed by atoms with van der Waals surface area (Å²) in [7, 11) is 0. The Hall–Kier alpha value is -5.39. The van der Waals surface area contributed by atoms with Gasteiger partial charge in [-0.2, -0.15) is 5.26 Å². The maximum absolute atomic E-state index is 12.1. The molecule has 0 saturated carbocycles. The molecule has 47 heavy (non-hydrogen) atoms. The number of urea groups is 2. The molecule has 0 saturated heterocycles. The maximum Gasteiger partial charge on any atom is 0.323 e. The zero-order valence-electron chi connectivity index (χ0n) is 24.8. The zero-order chi connectivity index (χ0) is 34.2. The van der Waals surface area contributed by atoms with Gasteiger partial charge in [0, 0.05) is 38.6 Å². The molecule has 0 aliphatic carbocycles. The van der Waals surface area contributed by atoms with Crippen LogP contribution in [0.5, 0.6) is 23.0 Å². The summed E-state index contributed by atoms with van der Waals surface area (Å²) in [6.45, 7) is 3.11. The summed E-state index contributed by atoms with van der Waals surface area (Å²) in [6, 6.07) is 17.7. The van der Waals surface area contributed by atoms with Gasteiger partial charge in [-0.3, -0.25) is 0 Å². The zero-order valence-corrected chi connectivity index (χ0v) is 26.3. The number of carbonyl (C=O) groups excluding carboxylic acids is 2. The van der Waals surface area contributed by atoms with Crippen molar-refractivity contribution in [2.24, 2.45) is 0 Å². The van der Waals surface area contributed by atoms with Gasteiger partial charge >= 0.3 is 12.1 Å². The second-order valence-electron chi connectivity index (χ2n) is 10.0. The first-order valence-corrected chi connectivity index (χ1v) is 14.6. The van der Waals surface area contributed by atoms with Crippen molar-refractivity contribution in [1.82, 2.24) is 0 Å². The second kappa shape index (κ2) is 15.3. The molecule has 4 aromatic carbocycles. The average Bonchev–Trinajstić information content (AvgIpc) is 3.49. The summed E-state index contributed by atoms with van der Waals surface area (Å²) in [5, 5.41) is 58.8. The molecule has 244 valence electrons. The lowest BCUT2D eigenvalue weighted by Gasteiger charge is -2.14. The lowest BCUT2D eigenvalue weighted by Crippen LogP contribution is -2.19. The fourth-order valence-corrected chi connectivity index (χ4v) is 4.69. The maximum atomic E-state index is 12.1. The largest absolute Gasteiger partial charge is 0.505 e. The molecule has 1 aliphatic heterocycles. The van der Waals surface area contributed by atoms with Crippen LogP contribution in [-0.4, -0.2) is 39.3 Å². The van der Waals surface area contributed by atoms with Crippen molar-refractivity contribution < 1.29 is 39.5 Å². The number of aliphatic hydroxyl groups is 2. The Morgan fingerprint density at radius 1 is 0.723 bits per heavy atom. The van der Waals surface area contributed by atoms with Gasteiger partial charge in [0.05, 0.1) is 35.2 Å². The Labute approximate surface area is 278 Å². The van der Waals surface area contributed by atoms with E-state index in [4.69, 9.17) is 37.9 Å². The van der Waals surface area contributed by atoms with Gasteiger partial charge in [-0.1, -0.05) is 23.2 Å². The number of aromatic hydroxyl groups is 2. The molecular weight excluding hydrogens is 653 g/mol. The normalized spacial score (nSPS) is 12.4. The highest BCUT2D eigenvalue weighted by atomic mass is 35.5. The van der Waals surface area contributed by atoms with Crippen LogP contribution in [0.1, 0.15) is 42.7 Å². The number of benzene rings is 4. The average molecular weight is 683 g/mol.